The fourth-order valence-electron chi connectivity index (χ4n) is 4.79. The SMILES string of the molecule is CCOC.Cc1ccc(Cn2c(-c3ccc(Oc4ccc5[nH]c(C=O)cc5c4)cc3)cc(C(F)(F)F)c(C(N)=O)c2=O)c(C)c1. The summed E-state index contributed by atoms with van der Waals surface area (Å²) in [7, 11) is 1.68. The fourth-order valence-corrected chi connectivity index (χ4v) is 4.79. The number of rotatable bonds is 8. The minimum Gasteiger partial charge on any atom is -0.457 e. The average Bonchev–Trinajstić information content (AvgIpc) is 3.41. The van der Waals surface area contributed by atoms with Crippen LogP contribution in [0.3, 0.4) is 0 Å². The molecule has 2 heterocycles. The van der Waals surface area contributed by atoms with Gasteiger partial charge in [0.1, 0.15) is 17.1 Å². The maximum Gasteiger partial charge on any atom is 0.417 e. The van der Waals surface area contributed by atoms with Crippen LogP contribution in [0.15, 0.2) is 77.6 Å². The maximum atomic E-state index is 14.0. The summed E-state index contributed by atoms with van der Waals surface area (Å²) in [6.45, 7) is 6.44. The largest absolute Gasteiger partial charge is 0.457 e. The minimum atomic E-state index is -4.99. The first kappa shape index (κ1) is 32.7. The van der Waals surface area contributed by atoms with Crippen LogP contribution in [0.25, 0.3) is 22.2 Å². The molecule has 234 valence electrons. The number of amides is 1. The summed E-state index contributed by atoms with van der Waals surface area (Å²) in [6, 6.07) is 19.4. The van der Waals surface area contributed by atoms with Gasteiger partial charge in [-0.15, -0.1) is 0 Å². The molecule has 0 fully saturated rings. The van der Waals surface area contributed by atoms with Crippen molar-refractivity contribution >= 4 is 23.1 Å². The Morgan fingerprint density at radius 3 is 2.22 bits per heavy atom. The number of primary amides is 1. The smallest absolute Gasteiger partial charge is 0.417 e. The van der Waals surface area contributed by atoms with Gasteiger partial charge in [0.05, 0.1) is 23.5 Å². The molecule has 0 aliphatic rings. The number of alkyl halides is 3. The molecular weight excluding hydrogens is 587 g/mol. The van der Waals surface area contributed by atoms with Gasteiger partial charge in [-0.05, 0) is 92.1 Å². The molecule has 45 heavy (non-hydrogen) atoms. The second-order valence-electron chi connectivity index (χ2n) is 10.3. The Balaban J connectivity index is 0.00000109. The van der Waals surface area contributed by atoms with Crippen LogP contribution in [0, 0.1) is 13.8 Å². The molecule has 8 nitrogen and oxygen atoms in total. The lowest BCUT2D eigenvalue weighted by Crippen LogP contribution is -2.34. The first-order chi connectivity index (χ1) is 21.4. The van der Waals surface area contributed by atoms with E-state index in [1.165, 1.54) is 12.1 Å². The van der Waals surface area contributed by atoms with E-state index in [1.54, 1.807) is 49.6 Å². The van der Waals surface area contributed by atoms with E-state index in [4.69, 9.17) is 10.5 Å². The van der Waals surface area contributed by atoms with Crippen LogP contribution in [0.4, 0.5) is 13.2 Å². The van der Waals surface area contributed by atoms with E-state index in [0.717, 1.165) is 39.3 Å². The van der Waals surface area contributed by atoms with Gasteiger partial charge in [-0.25, -0.2) is 0 Å². The number of carbonyl (C=O) groups is 2. The predicted octanol–water partition coefficient (Wildman–Crippen LogP) is 7.04. The van der Waals surface area contributed by atoms with Crippen LogP contribution in [0.2, 0.25) is 0 Å². The number of benzene rings is 3. The van der Waals surface area contributed by atoms with Gasteiger partial charge >= 0.3 is 6.18 Å². The Morgan fingerprint density at radius 1 is 0.978 bits per heavy atom. The summed E-state index contributed by atoms with van der Waals surface area (Å²) in [6.07, 6.45) is -4.28. The molecule has 0 radical (unpaired) electrons. The van der Waals surface area contributed by atoms with Crippen molar-refractivity contribution in [1.82, 2.24) is 9.55 Å². The van der Waals surface area contributed by atoms with Gasteiger partial charge < -0.3 is 24.8 Å². The summed E-state index contributed by atoms with van der Waals surface area (Å²) in [4.78, 5) is 39.4. The van der Waals surface area contributed by atoms with Gasteiger partial charge in [0.2, 0.25) is 0 Å². The number of aromatic nitrogens is 2. The molecule has 0 saturated carbocycles. The Bertz CT molecular complexity index is 1910. The van der Waals surface area contributed by atoms with E-state index in [0.29, 0.717) is 34.6 Å². The highest BCUT2D eigenvalue weighted by Crippen LogP contribution is 2.35. The molecule has 0 atom stereocenters. The number of hydrogen-bond donors (Lipinski definition) is 2. The summed E-state index contributed by atoms with van der Waals surface area (Å²) >= 11 is 0. The second kappa shape index (κ2) is 13.6. The molecule has 3 aromatic carbocycles. The topological polar surface area (TPSA) is 116 Å². The highest BCUT2D eigenvalue weighted by Gasteiger charge is 2.38. The number of nitrogens with one attached hydrogen (secondary N) is 1. The average molecular weight is 620 g/mol. The van der Waals surface area contributed by atoms with E-state index in [-0.39, 0.29) is 12.2 Å². The summed E-state index contributed by atoms with van der Waals surface area (Å²) in [5, 5.41) is 0.769. The first-order valence-corrected chi connectivity index (χ1v) is 13.9. The van der Waals surface area contributed by atoms with Crippen molar-refractivity contribution in [2.45, 2.75) is 33.5 Å². The molecule has 0 saturated heterocycles. The lowest BCUT2D eigenvalue weighted by atomic mass is 10.0. The van der Waals surface area contributed by atoms with Crippen molar-refractivity contribution in [3.8, 4) is 22.8 Å². The summed E-state index contributed by atoms with van der Waals surface area (Å²) in [5.41, 5.74) is 5.62. The number of carbonyl (C=O) groups excluding carboxylic acids is 2. The molecule has 0 spiro atoms. The molecular formula is C34H32F3N3O5. The summed E-state index contributed by atoms with van der Waals surface area (Å²) < 4.78 is 53.6. The molecule has 0 aliphatic heterocycles. The van der Waals surface area contributed by atoms with Gasteiger partial charge in [-0.3, -0.25) is 14.4 Å². The zero-order valence-electron chi connectivity index (χ0n) is 25.1. The van der Waals surface area contributed by atoms with E-state index in [1.807, 2.05) is 32.9 Å². The number of ether oxygens (including phenoxy) is 2. The molecule has 2 aromatic heterocycles. The quantitative estimate of drug-likeness (QED) is 0.181. The Hall–Kier alpha value is -5.16. The van der Waals surface area contributed by atoms with Gasteiger partial charge in [0, 0.05) is 24.6 Å². The lowest BCUT2D eigenvalue weighted by molar-refractivity contribution is -0.138. The monoisotopic (exact) mass is 619 g/mol. The number of halogens is 3. The molecule has 0 unspecified atom stereocenters. The lowest BCUT2D eigenvalue weighted by Gasteiger charge is -2.20. The van der Waals surface area contributed by atoms with Crippen LogP contribution in [-0.4, -0.2) is 35.5 Å². The van der Waals surface area contributed by atoms with Gasteiger partial charge in [0.15, 0.2) is 6.29 Å². The standard InChI is InChI=1S/C31H24F3N3O4.C3H8O/c1-17-3-4-20(18(2)11-17)15-37-27(14-25(31(32,33)34)28(29(35)39)30(37)40)19-5-7-23(8-6-19)41-24-9-10-26-21(13-24)12-22(16-38)36-26;1-3-4-2/h3-14,16,36H,15H2,1-2H3,(H2,35,39);3H2,1-2H3. The molecule has 5 rings (SSSR count). The van der Waals surface area contributed by atoms with E-state index in [2.05, 4.69) is 9.72 Å². The Morgan fingerprint density at radius 2 is 1.64 bits per heavy atom. The third-order valence-electron chi connectivity index (χ3n) is 7.09. The van der Waals surface area contributed by atoms with Crippen molar-refractivity contribution in [1.29, 1.82) is 0 Å². The van der Waals surface area contributed by atoms with Crippen molar-refractivity contribution in [3.63, 3.8) is 0 Å². The first-order valence-electron chi connectivity index (χ1n) is 13.9. The van der Waals surface area contributed by atoms with Gasteiger partial charge in [-0.1, -0.05) is 23.8 Å². The van der Waals surface area contributed by atoms with Gasteiger partial charge in [-0.2, -0.15) is 13.2 Å². The summed E-state index contributed by atoms with van der Waals surface area (Å²) in [5.74, 6) is -0.572. The number of aromatic amines is 1. The van der Waals surface area contributed by atoms with Crippen LogP contribution < -0.4 is 16.0 Å². The molecule has 3 N–H and O–H groups in total. The molecule has 0 aliphatic carbocycles. The minimum absolute atomic E-state index is 0.0333. The van der Waals surface area contributed by atoms with Crippen LogP contribution in [0.1, 0.15) is 50.0 Å². The molecule has 0 bridgehead atoms. The number of nitrogens with two attached hydrogens (primary N) is 1. The fraction of sp³-hybridized carbons (Fsp3) is 0.206. The number of methoxy groups -OCH3 is 1. The number of aldehydes is 1. The number of fused-ring (bicyclic) bond motifs is 1. The van der Waals surface area contributed by atoms with E-state index >= 15 is 0 Å². The van der Waals surface area contributed by atoms with Crippen molar-refractivity contribution in [2.75, 3.05) is 13.7 Å². The molecule has 11 heteroatoms. The highest BCUT2D eigenvalue weighted by molar-refractivity contribution is 5.94. The molecule has 1 amide bonds. The number of pyridine rings is 1. The third kappa shape index (κ3) is 7.50. The number of hydrogen-bond acceptors (Lipinski definition) is 5. The van der Waals surface area contributed by atoms with Crippen molar-refractivity contribution in [2.24, 2.45) is 5.73 Å². The predicted molar refractivity (Wildman–Crippen MR) is 166 cm³/mol. The van der Waals surface area contributed by atoms with E-state index < -0.39 is 28.8 Å². The normalized spacial score (nSPS) is 11.2. The number of H-pyrrole nitrogens is 1. The number of nitrogens with zero attached hydrogens (tertiary/aromatic N) is 1. The second-order valence-corrected chi connectivity index (χ2v) is 10.3. The van der Waals surface area contributed by atoms with Crippen LogP contribution >= 0.6 is 0 Å². The Kier molecular flexibility index (Phi) is 9.93. The highest BCUT2D eigenvalue weighted by atomic mass is 19.4. The maximum absolute atomic E-state index is 14.0. The van der Waals surface area contributed by atoms with E-state index in [9.17, 15) is 27.6 Å². The zero-order chi connectivity index (χ0) is 32.9. The van der Waals surface area contributed by atoms with Crippen LogP contribution in [-0.2, 0) is 17.5 Å². The number of aryl methyl sites for hydroxylation is 2. The van der Waals surface area contributed by atoms with Gasteiger partial charge in [0.25, 0.3) is 11.5 Å². The zero-order valence-corrected chi connectivity index (χ0v) is 25.1. The molecule has 5 aromatic rings. The van der Waals surface area contributed by atoms with Crippen molar-refractivity contribution < 1.29 is 32.2 Å². The Labute approximate surface area is 257 Å². The third-order valence-corrected chi connectivity index (χ3v) is 7.09. The van der Waals surface area contributed by atoms with Crippen LogP contribution in [0.5, 0.6) is 11.5 Å². The van der Waals surface area contributed by atoms with Crippen molar-refractivity contribution in [3.05, 3.63) is 117 Å².